The van der Waals surface area contributed by atoms with Crippen LogP contribution in [0.2, 0.25) is 0 Å². The van der Waals surface area contributed by atoms with Gasteiger partial charge in [-0.05, 0) is 19.3 Å². The molecule has 84 valence electrons. The molecule has 0 aliphatic carbocycles. The summed E-state index contributed by atoms with van der Waals surface area (Å²) in [6.07, 6.45) is 2.15. The number of rotatable bonds is 8. The number of aliphatic hydroxyl groups excluding tert-OH is 2. The quantitative estimate of drug-likeness (QED) is 0.454. The molecule has 0 aromatic carbocycles. The molecule has 0 radical (unpaired) electrons. The molecule has 2 N–H and O–H groups in total. The maximum atomic E-state index is 11.0. The number of carbonyl (C=O) groups excluding carboxylic acids is 1. The Labute approximate surface area is 84.9 Å². The SMILES string of the molecule is CCCCOC(=O)CC(O)CCCO. The van der Waals surface area contributed by atoms with E-state index in [4.69, 9.17) is 9.84 Å². The normalized spacial score (nSPS) is 12.5. The Bertz CT molecular complexity index is 147. The van der Waals surface area contributed by atoms with E-state index in [1.807, 2.05) is 6.92 Å². The van der Waals surface area contributed by atoms with Gasteiger partial charge in [0.1, 0.15) is 0 Å². The third kappa shape index (κ3) is 8.01. The van der Waals surface area contributed by atoms with E-state index in [1.165, 1.54) is 0 Å². The molecule has 1 unspecified atom stereocenters. The minimum atomic E-state index is -0.684. The van der Waals surface area contributed by atoms with Crippen LogP contribution >= 0.6 is 0 Å². The van der Waals surface area contributed by atoms with Gasteiger partial charge in [0.25, 0.3) is 0 Å². The van der Waals surface area contributed by atoms with E-state index in [-0.39, 0.29) is 19.0 Å². The van der Waals surface area contributed by atoms with Gasteiger partial charge in [-0.15, -0.1) is 0 Å². The predicted molar refractivity (Wildman–Crippen MR) is 52.8 cm³/mol. The monoisotopic (exact) mass is 204 g/mol. The number of carbonyl (C=O) groups is 1. The molecule has 0 aromatic heterocycles. The second-order valence-electron chi connectivity index (χ2n) is 3.30. The smallest absolute Gasteiger partial charge is 0.308 e. The van der Waals surface area contributed by atoms with Crippen LogP contribution in [-0.4, -0.2) is 35.5 Å². The van der Waals surface area contributed by atoms with Crippen molar-refractivity contribution in [1.29, 1.82) is 0 Å². The summed E-state index contributed by atoms with van der Waals surface area (Å²) in [5.74, 6) is -0.358. The zero-order chi connectivity index (χ0) is 10.8. The lowest BCUT2D eigenvalue weighted by Crippen LogP contribution is -2.16. The molecule has 0 heterocycles. The Balaban J connectivity index is 3.40. The van der Waals surface area contributed by atoms with Gasteiger partial charge in [-0.25, -0.2) is 0 Å². The fraction of sp³-hybridized carbons (Fsp3) is 0.900. The second-order valence-corrected chi connectivity index (χ2v) is 3.30. The minimum absolute atomic E-state index is 0.0315. The van der Waals surface area contributed by atoms with Gasteiger partial charge in [0.05, 0.1) is 19.1 Å². The molecule has 0 saturated heterocycles. The molecule has 0 fully saturated rings. The number of hydrogen-bond donors (Lipinski definition) is 2. The van der Waals surface area contributed by atoms with Crippen LogP contribution in [-0.2, 0) is 9.53 Å². The Morgan fingerprint density at radius 1 is 1.43 bits per heavy atom. The highest BCUT2D eigenvalue weighted by molar-refractivity contribution is 5.69. The fourth-order valence-corrected chi connectivity index (χ4v) is 1.01. The molecule has 0 spiro atoms. The Kier molecular flexibility index (Phi) is 8.57. The summed E-state index contributed by atoms with van der Waals surface area (Å²) in [6, 6.07) is 0. The van der Waals surface area contributed by atoms with Crippen LogP contribution in [0, 0.1) is 0 Å². The molecule has 1 atom stereocenters. The summed E-state index contributed by atoms with van der Waals surface area (Å²) in [5.41, 5.74) is 0. The van der Waals surface area contributed by atoms with Crippen LogP contribution in [0.1, 0.15) is 39.0 Å². The van der Waals surface area contributed by atoms with Gasteiger partial charge in [-0.3, -0.25) is 4.79 Å². The van der Waals surface area contributed by atoms with Crippen molar-refractivity contribution in [3.05, 3.63) is 0 Å². The predicted octanol–water partition coefficient (Wildman–Crippen LogP) is 0.853. The van der Waals surface area contributed by atoms with E-state index >= 15 is 0 Å². The van der Waals surface area contributed by atoms with Gasteiger partial charge in [-0.2, -0.15) is 0 Å². The number of unbranched alkanes of at least 4 members (excludes halogenated alkanes) is 1. The van der Waals surface area contributed by atoms with Crippen LogP contribution in [0.25, 0.3) is 0 Å². The minimum Gasteiger partial charge on any atom is -0.466 e. The molecule has 0 aliphatic heterocycles. The van der Waals surface area contributed by atoms with Crippen molar-refractivity contribution in [3.8, 4) is 0 Å². The molecule has 0 aromatic rings. The number of aliphatic hydroxyl groups is 2. The van der Waals surface area contributed by atoms with Crippen molar-refractivity contribution in [1.82, 2.24) is 0 Å². The summed E-state index contributed by atoms with van der Waals surface area (Å²) in [7, 11) is 0. The van der Waals surface area contributed by atoms with Gasteiger partial charge in [0, 0.05) is 6.61 Å². The second kappa shape index (κ2) is 8.97. The molecule has 0 bridgehead atoms. The van der Waals surface area contributed by atoms with Crippen molar-refractivity contribution in [3.63, 3.8) is 0 Å². The largest absolute Gasteiger partial charge is 0.466 e. The average Bonchev–Trinajstić information content (AvgIpc) is 2.15. The third-order valence-corrected chi connectivity index (χ3v) is 1.86. The lowest BCUT2D eigenvalue weighted by Gasteiger charge is -2.09. The van der Waals surface area contributed by atoms with E-state index in [9.17, 15) is 9.90 Å². The molecule has 0 amide bonds. The number of esters is 1. The maximum absolute atomic E-state index is 11.0. The highest BCUT2D eigenvalue weighted by Crippen LogP contribution is 2.03. The summed E-state index contributed by atoms with van der Waals surface area (Å²) in [5, 5.41) is 17.8. The van der Waals surface area contributed by atoms with Crippen LogP contribution in [0.15, 0.2) is 0 Å². The third-order valence-electron chi connectivity index (χ3n) is 1.86. The summed E-state index contributed by atoms with van der Waals surface area (Å²) < 4.78 is 4.87. The summed E-state index contributed by atoms with van der Waals surface area (Å²) >= 11 is 0. The molecule has 0 rings (SSSR count). The molecule has 14 heavy (non-hydrogen) atoms. The average molecular weight is 204 g/mol. The lowest BCUT2D eigenvalue weighted by atomic mass is 10.1. The highest BCUT2D eigenvalue weighted by atomic mass is 16.5. The van der Waals surface area contributed by atoms with Gasteiger partial charge >= 0.3 is 5.97 Å². The van der Waals surface area contributed by atoms with Crippen LogP contribution < -0.4 is 0 Å². The topological polar surface area (TPSA) is 66.8 Å². The van der Waals surface area contributed by atoms with Gasteiger partial charge < -0.3 is 14.9 Å². The van der Waals surface area contributed by atoms with Crippen molar-refractivity contribution in [2.45, 2.75) is 45.1 Å². The molecule has 4 heteroatoms. The van der Waals surface area contributed by atoms with E-state index in [0.717, 1.165) is 12.8 Å². The molecule has 4 nitrogen and oxygen atoms in total. The molecule has 0 aliphatic rings. The summed E-state index contributed by atoms with van der Waals surface area (Å²) in [4.78, 5) is 11.0. The molecular formula is C10H20O4. The van der Waals surface area contributed by atoms with E-state index in [1.54, 1.807) is 0 Å². The first-order valence-electron chi connectivity index (χ1n) is 5.15. The first-order chi connectivity index (χ1) is 6.70. The summed E-state index contributed by atoms with van der Waals surface area (Å²) in [6.45, 7) is 2.49. The van der Waals surface area contributed by atoms with E-state index < -0.39 is 6.10 Å². The Morgan fingerprint density at radius 3 is 2.71 bits per heavy atom. The van der Waals surface area contributed by atoms with Crippen molar-refractivity contribution in [2.75, 3.05) is 13.2 Å². The van der Waals surface area contributed by atoms with Crippen LogP contribution in [0.5, 0.6) is 0 Å². The Hall–Kier alpha value is -0.610. The zero-order valence-electron chi connectivity index (χ0n) is 8.74. The van der Waals surface area contributed by atoms with Gasteiger partial charge in [0.2, 0.25) is 0 Å². The van der Waals surface area contributed by atoms with E-state index in [2.05, 4.69) is 0 Å². The Morgan fingerprint density at radius 2 is 2.14 bits per heavy atom. The number of hydrogen-bond acceptors (Lipinski definition) is 4. The zero-order valence-corrected chi connectivity index (χ0v) is 8.74. The van der Waals surface area contributed by atoms with Gasteiger partial charge in [-0.1, -0.05) is 13.3 Å². The molecular weight excluding hydrogens is 184 g/mol. The molecule has 0 saturated carbocycles. The van der Waals surface area contributed by atoms with E-state index in [0.29, 0.717) is 19.4 Å². The number of ether oxygens (including phenoxy) is 1. The maximum Gasteiger partial charge on any atom is 0.308 e. The lowest BCUT2D eigenvalue weighted by molar-refractivity contribution is -0.146. The van der Waals surface area contributed by atoms with Crippen molar-refractivity contribution >= 4 is 5.97 Å². The van der Waals surface area contributed by atoms with Gasteiger partial charge in [0.15, 0.2) is 0 Å². The van der Waals surface area contributed by atoms with Crippen LogP contribution in [0.3, 0.4) is 0 Å². The highest BCUT2D eigenvalue weighted by Gasteiger charge is 2.10. The first kappa shape index (κ1) is 13.4. The van der Waals surface area contributed by atoms with Crippen LogP contribution in [0.4, 0.5) is 0 Å². The fourth-order valence-electron chi connectivity index (χ4n) is 1.01. The van der Waals surface area contributed by atoms with Crippen molar-refractivity contribution in [2.24, 2.45) is 0 Å². The van der Waals surface area contributed by atoms with Crippen molar-refractivity contribution < 1.29 is 19.7 Å². The first-order valence-corrected chi connectivity index (χ1v) is 5.15. The standard InChI is InChI=1S/C10H20O4/c1-2-3-7-14-10(13)8-9(12)5-4-6-11/h9,11-12H,2-8H2,1H3.